The van der Waals surface area contributed by atoms with Crippen molar-refractivity contribution in [3.8, 4) is 0 Å². The molecule has 3 rings (SSSR count). The van der Waals surface area contributed by atoms with Crippen LogP contribution in [0, 0.1) is 0 Å². The lowest BCUT2D eigenvalue weighted by atomic mass is 10.1. The molecule has 0 radical (unpaired) electrons. The highest BCUT2D eigenvalue weighted by Gasteiger charge is 2.46. The third kappa shape index (κ3) is 3.14. The number of aliphatic hydroxyl groups excluding tert-OH is 1. The van der Waals surface area contributed by atoms with Gasteiger partial charge in [-0.1, -0.05) is 0 Å². The molecule has 1 fully saturated rings. The van der Waals surface area contributed by atoms with Crippen LogP contribution in [0.2, 0.25) is 0 Å². The molecular formula is C12H18N5O6P. The normalized spacial score (nSPS) is 29.8. The molecule has 3 heterocycles. The Morgan fingerprint density at radius 1 is 1.46 bits per heavy atom. The van der Waals surface area contributed by atoms with Crippen LogP contribution in [0.5, 0.6) is 0 Å². The molecule has 2 aromatic rings. The highest BCUT2D eigenvalue weighted by molar-refractivity contribution is 7.51. The lowest BCUT2D eigenvalue weighted by Gasteiger charge is -2.18. The van der Waals surface area contributed by atoms with Crippen LogP contribution in [-0.4, -0.2) is 68.2 Å². The second-order valence-corrected chi connectivity index (χ2v) is 7.30. The number of anilines is 1. The van der Waals surface area contributed by atoms with Gasteiger partial charge in [0, 0.05) is 13.8 Å². The standard InChI is InChI=1S/C12H18N5O6P/c1-21-9-6(3-22-24(2,19)20)23-12(8(9)18)17-5-16-7-10(13)14-4-15-11(7)17/h4-6,8-9,12,18H,3H2,1-2H3,(H,19,20)(H2,13,14,15)/t6-,8+,9?,12-/m1/s1. The first-order valence-electron chi connectivity index (χ1n) is 7.06. The van der Waals surface area contributed by atoms with Crippen molar-refractivity contribution in [2.75, 3.05) is 26.1 Å². The molecule has 0 bridgehead atoms. The highest BCUT2D eigenvalue weighted by atomic mass is 31.2. The number of rotatable bonds is 5. The zero-order valence-corrected chi connectivity index (χ0v) is 13.9. The fourth-order valence-corrected chi connectivity index (χ4v) is 3.07. The van der Waals surface area contributed by atoms with E-state index in [0.29, 0.717) is 11.2 Å². The van der Waals surface area contributed by atoms with Gasteiger partial charge in [0.1, 0.15) is 30.2 Å². The molecule has 132 valence electrons. The van der Waals surface area contributed by atoms with Crippen LogP contribution in [-0.2, 0) is 18.6 Å². The smallest absolute Gasteiger partial charge is 0.325 e. The molecule has 24 heavy (non-hydrogen) atoms. The maximum Gasteiger partial charge on any atom is 0.325 e. The van der Waals surface area contributed by atoms with Crippen molar-refractivity contribution in [3.05, 3.63) is 12.7 Å². The molecule has 1 saturated heterocycles. The van der Waals surface area contributed by atoms with E-state index in [1.165, 1.54) is 24.3 Å². The van der Waals surface area contributed by atoms with E-state index in [1.807, 2.05) is 0 Å². The summed E-state index contributed by atoms with van der Waals surface area (Å²) in [6, 6.07) is 0. The topological polar surface area (TPSA) is 155 Å². The van der Waals surface area contributed by atoms with Gasteiger partial charge in [0.2, 0.25) is 0 Å². The molecule has 2 unspecified atom stereocenters. The molecule has 0 aromatic carbocycles. The number of nitrogens with two attached hydrogens (primary N) is 1. The minimum atomic E-state index is -3.67. The van der Waals surface area contributed by atoms with E-state index in [-0.39, 0.29) is 12.4 Å². The minimum absolute atomic E-state index is 0.208. The number of fused-ring (bicyclic) bond motifs is 1. The highest BCUT2D eigenvalue weighted by Crippen LogP contribution is 2.39. The molecule has 11 nitrogen and oxygen atoms in total. The molecule has 1 aliphatic heterocycles. The Kier molecular flexibility index (Phi) is 4.56. The minimum Gasteiger partial charge on any atom is -0.386 e. The van der Waals surface area contributed by atoms with E-state index in [0.717, 1.165) is 6.66 Å². The molecule has 1 aliphatic rings. The first-order valence-corrected chi connectivity index (χ1v) is 9.08. The number of aliphatic hydroxyl groups is 1. The third-order valence-corrected chi connectivity index (χ3v) is 4.35. The maximum absolute atomic E-state index is 11.3. The summed E-state index contributed by atoms with van der Waals surface area (Å²) in [6.07, 6.45) is -0.712. The number of nitrogen functional groups attached to an aromatic ring is 1. The average molecular weight is 359 g/mol. The molecule has 12 heteroatoms. The Labute approximate surface area is 136 Å². The maximum atomic E-state index is 11.3. The molecule has 5 atom stereocenters. The van der Waals surface area contributed by atoms with Crippen LogP contribution in [0.25, 0.3) is 11.2 Å². The molecule has 4 N–H and O–H groups in total. The van der Waals surface area contributed by atoms with E-state index in [2.05, 4.69) is 15.0 Å². The van der Waals surface area contributed by atoms with E-state index in [4.69, 9.17) is 19.7 Å². The number of hydrogen-bond donors (Lipinski definition) is 3. The second kappa shape index (κ2) is 6.36. The third-order valence-electron chi connectivity index (χ3n) is 3.72. The fourth-order valence-electron chi connectivity index (χ4n) is 2.64. The predicted molar refractivity (Wildman–Crippen MR) is 82.2 cm³/mol. The predicted octanol–water partition coefficient (Wildman–Crippen LogP) is -0.486. The van der Waals surface area contributed by atoms with E-state index >= 15 is 0 Å². The zero-order valence-electron chi connectivity index (χ0n) is 13.0. The molecule has 0 aliphatic carbocycles. The van der Waals surface area contributed by atoms with Crippen molar-refractivity contribution >= 4 is 24.6 Å². The average Bonchev–Trinajstić information content (AvgIpc) is 3.06. The number of methoxy groups -OCH3 is 1. The zero-order chi connectivity index (χ0) is 17.5. The fraction of sp³-hybridized carbons (Fsp3) is 0.583. The van der Waals surface area contributed by atoms with Crippen molar-refractivity contribution < 1.29 is 28.6 Å². The summed E-state index contributed by atoms with van der Waals surface area (Å²) in [6.45, 7) is 0.862. The van der Waals surface area contributed by atoms with E-state index in [1.54, 1.807) is 0 Å². The van der Waals surface area contributed by atoms with Gasteiger partial charge in [0.05, 0.1) is 12.9 Å². The second-order valence-electron chi connectivity index (χ2n) is 5.44. The van der Waals surface area contributed by atoms with Gasteiger partial charge in [-0.15, -0.1) is 0 Å². The summed E-state index contributed by atoms with van der Waals surface area (Å²) in [5, 5.41) is 10.5. The molecule has 0 spiro atoms. The summed E-state index contributed by atoms with van der Waals surface area (Å²) in [5.74, 6) is 0.210. The lowest BCUT2D eigenvalue weighted by Crippen LogP contribution is -2.35. The van der Waals surface area contributed by atoms with Crippen LogP contribution < -0.4 is 5.73 Å². The Hall–Kier alpha value is -1.62. The van der Waals surface area contributed by atoms with Gasteiger partial charge in [-0.25, -0.2) is 15.0 Å². The molecule has 2 aromatic heterocycles. The summed E-state index contributed by atoms with van der Waals surface area (Å²) in [4.78, 5) is 21.3. The summed E-state index contributed by atoms with van der Waals surface area (Å²) in [7, 11) is -2.27. The number of nitrogens with zero attached hydrogens (tertiary/aromatic N) is 4. The van der Waals surface area contributed by atoms with Gasteiger partial charge in [-0.3, -0.25) is 9.13 Å². The Morgan fingerprint density at radius 2 is 2.21 bits per heavy atom. The van der Waals surface area contributed by atoms with Crippen molar-refractivity contribution in [2.24, 2.45) is 0 Å². The molecular weight excluding hydrogens is 341 g/mol. The van der Waals surface area contributed by atoms with Crippen LogP contribution in [0.4, 0.5) is 5.82 Å². The summed E-state index contributed by atoms with van der Waals surface area (Å²) >= 11 is 0. The van der Waals surface area contributed by atoms with Gasteiger partial charge < -0.3 is 29.7 Å². The lowest BCUT2D eigenvalue weighted by molar-refractivity contribution is -0.0503. The first-order chi connectivity index (χ1) is 11.3. The summed E-state index contributed by atoms with van der Waals surface area (Å²) in [5.41, 5.74) is 6.52. The van der Waals surface area contributed by atoms with Crippen molar-refractivity contribution in [2.45, 2.75) is 24.5 Å². The van der Waals surface area contributed by atoms with Gasteiger partial charge in [-0.05, 0) is 0 Å². The molecule has 0 amide bonds. The summed E-state index contributed by atoms with van der Waals surface area (Å²) < 4.78 is 28.7. The largest absolute Gasteiger partial charge is 0.386 e. The van der Waals surface area contributed by atoms with Crippen LogP contribution >= 0.6 is 7.60 Å². The van der Waals surface area contributed by atoms with Gasteiger partial charge in [-0.2, -0.15) is 0 Å². The molecule has 0 saturated carbocycles. The Bertz CT molecular complexity index is 778. The van der Waals surface area contributed by atoms with Crippen molar-refractivity contribution in [3.63, 3.8) is 0 Å². The van der Waals surface area contributed by atoms with Gasteiger partial charge in [0.25, 0.3) is 0 Å². The Morgan fingerprint density at radius 3 is 2.88 bits per heavy atom. The van der Waals surface area contributed by atoms with Gasteiger partial charge >= 0.3 is 7.60 Å². The van der Waals surface area contributed by atoms with Crippen molar-refractivity contribution in [1.29, 1.82) is 0 Å². The number of imidazole rings is 1. The van der Waals surface area contributed by atoms with Crippen LogP contribution in [0.1, 0.15) is 6.23 Å². The number of ether oxygens (including phenoxy) is 2. The SMILES string of the molecule is COC1[C@@H](COP(C)(=O)O)O[C@@H](n2cnc3c(N)ncnc32)[C@H]1O. The number of aromatic nitrogens is 4. The van der Waals surface area contributed by atoms with E-state index < -0.39 is 32.1 Å². The van der Waals surface area contributed by atoms with E-state index in [9.17, 15) is 14.6 Å². The van der Waals surface area contributed by atoms with Gasteiger partial charge in [0.15, 0.2) is 17.7 Å². The Balaban J connectivity index is 1.88. The monoisotopic (exact) mass is 359 g/mol. The van der Waals surface area contributed by atoms with Crippen LogP contribution in [0.3, 0.4) is 0 Å². The first kappa shape index (κ1) is 17.2. The number of hydrogen-bond acceptors (Lipinski definition) is 9. The quantitative estimate of drug-likeness (QED) is 0.596. The van der Waals surface area contributed by atoms with Crippen LogP contribution in [0.15, 0.2) is 12.7 Å². The van der Waals surface area contributed by atoms with Crippen molar-refractivity contribution in [1.82, 2.24) is 19.5 Å².